The standard InChI is InChI=1S/C11H20N2O2.2CHF3O3S.Cu/c1-7-5-14-9(12-7)11(3,4)10-13-8(2)6-15-10;2*2-1(3,4)8(5,6)7;/h7-10H,5-6H2,1-4H3;2*(H,5,6,7);/q-2;;;+2/t7-,8-,9+,10?;;;/m0.../s1. The second-order valence-corrected chi connectivity index (χ2v) is 9.86. The normalized spacial score (nSPS) is 26.9. The molecule has 1 radical (unpaired) electrons. The SMILES string of the molecule is C[C@H]1COC(C(C)(C)[C@@H]2[N-][C@@H](C)CO2)[N-]1.O=S(=O)(O)C(F)(F)F.O=S(=O)(O)C(F)(F)F.[Cu+2]. The molecule has 2 heterocycles. The Kier molecular flexibility index (Phi) is 12.7. The first-order valence-electron chi connectivity index (χ1n) is 8.20. The summed E-state index contributed by atoms with van der Waals surface area (Å²) in [5, 5.41) is 9.14. The maximum absolute atomic E-state index is 10.7. The van der Waals surface area contributed by atoms with Gasteiger partial charge in [-0.3, -0.25) is 9.11 Å². The minimum absolute atomic E-state index is 0. The van der Waals surface area contributed by atoms with Gasteiger partial charge in [-0.15, -0.1) is 12.1 Å². The second-order valence-electron chi connectivity index (χ2n) is 7.03. The summed E-state index contributed by atoms with van der Waals surface area (Å²) >= 11 is 0. The summed E-state index contributed by atoms with van der Waals surface area (Å²) in [5.41, 5.74) is -11.2. The summed E-state index contributed by atoms with van der Waals surface area (Å²) in [7, 11) is -11.7. The van der Waals surface area contributed by atoms with Crippen molar-refractivity contribution in [3.8, 4) is 0 Å². The van der Waals surface area contributed by atoms with E-state index in [1.165, 1.54) is 0 Å². The number of rotatable bonds is 2. The van der Waals surface area contributed by atoms with Crippen LogP contribution in [0.15, 0.2) is 0 Å². The van der Waals surface area contributed by atoms with Crippen LogP contribution in [0.5, 0.6) is 0 Å². The third kappa shape index (κ3) is 10.8. The van der Waals surface area contributed by atoms with Crippen LogP contribution < -0.4 is 0 Å². The van der Waals surface area contributed by atoms with E-state index in [1.54, 1.807) is 0 Å². The van der Waals surface area contributed by atoms with E-state index in [9.17, 15) is 26.3 Å². The summed E-state index contributed by atoms with van der Waals surface area (Å²) in [6.07, 6.45) is -0.155. The van der Waals surface area contributed by atoms with Gasteiger partial charge in [0, 0.05) is 13.2 Å². The van der Waals surface area contributed by atoms with Crippen LogP contribution in [0.4, 0.5) is 26.3 Å². The zero-order chi connectivity index (χ0) is 25.1. The van der Waals surface area contributed by atoms with E-state index in [0.29, 0.717) is 12.1 Å². The number of nitrogens with zero attached hydrogens (tertiary/aromatic N) is 2. The first-order chi connectivity index (χ1) is 13.5. The smallest absolute Gasteiger partial charge is 0.632 e. The van der Waals surface area contributed by atoms with Crippen molar-refractivity contribution in [1.29, 1.82) is 0 Å². The predicted octanol–water partition coefficient (Wildman–Crippen LogP) is 3.04. The van der Waals surface area contributed by atoms with Crippen LogP contribution >= 0.6 is 0 Å². The molecule has 0 aromatic rings. The molecule has 0 saturated carbocycles. The molecule has 2 aliphatic rings. The van der Waals surface area contributed by atoms with Gasteiger partial charge in [-0.1, -0.05) is 27.7 Å². The number of hydrogen-bond donors (Lipinski definition) is 2. The molecule has 0 aliphatic carbocycles. The van der Waals surface area contributed by atoms with Crippen molar-refractivity contribution >= 4 is 20.2 Å². The van der Waals surface area contributed by atoms with Crippen LogP contribution in [0.1, 0.15) is 27.7 Å². The summed E-state index contributed by atoms with van der Waals surface area (Å²) in [6.45, 7) is 9.82. The van der Waals surface area contributed by atoms with Crippen LogP contribution in [0.25, 0.3) is 10.6 Å². The van der Waals surface area contributed by atoms with E-state index >= 15 is 0 Å². The van der Waals surface area contributed by atoms with E-state index in [0.717, 1.165) is 13.2 Å². The fourth-order valence-corrected chi connectivity index (χ4v) is 2.03. The predicted molar refractivity (Wildman–Crippen MR) is 94.1 cm³/mol. The van der Waals surface area contributed by atoms with Crippen molar-refractivity contribution in [3.63, 3.8) is 0 Å². The Bertz CT molecular complexity index is 727. The molecule has 2 fully saturated rings. The van der Waals surface area contributed by atoms with Crippen molar-refractivity contribution in [2.75, 3.05) is 13.2 Å². The van der Waals surface area contributed by atoms with Gasteiger partial charge in [-0.2, -0.15) is 43.2 Å². The molecule has 0 bridgehead atoms. The number of hydrogen-bond acceptors (Lipinski definition) is 6. The third-order valence-corrected chi connectivity index (χ3v) is 4.80. The van der Waals surface area contributed by atoms with E-state index in [-0.39, 0.29) is 34.9 Å². The molecule has 2 saturated heterocycles. The van der Waals surface area contributed by atoms with E-state index in [1.807, 2.05) is 0 Å². The third-order valence-electron chi connectivity index (χ3n) is 3.63. The van der Waals surface area contributed by atoms with Gasteiger partial charge in [0.05, 0.1) is 0 Å². The second kappa shape index (κ2) is 11.9. The van der Waals surface area contributed by atoms with Gasteiger partial charge in [0.15, 0.2) is 0 Å². The van der Waals surface area contributed by atoms with Crippen molar-refractivity contribution in [1.82, 2.24) is 0 Å². The van der Waals surface area contributed by atoms with Crippen molar-refractivity contribution in [2.45, 2.75) is 63.3 Å². The largest absolute Gasteiger partial charge is 2.00 e. The molecule has 197 valence electrons. The number of halogens is 6. The van der Waals surface area contributed by atoms with Crippen LogP contribution in [0, 0.1) is 5.41 Å². The molecule has 2 aliphatic heterocycles. The molecule has 2 rings (SSSR count). The minimum Gasteiger partial charge on any atom is -0.632 e. The topological polar surface area (TPSA) is 155 Å². The fraction of sp³-hybridized carbons (Fsp3) is 1.00. The average Bonchev–Trinajstić information content (AvgIpc) is 3.13. The van der Waals surface area contributed by atoms with Gasteiger partial charge < -0.3 is 20.1 Å². The quantitative estimate of drug-likeness (QED) is 0.220. The molecular weight excluding hydrogens is 554 g/mol. The Balaban J connectivity index is 0. The average molecular weight is 576 g/mol. The molecule has 10 nitrogen and oxygen atoms in total. The Labute approximate surface area is 191 Å². The van der Waals surface area contributed by atoms with E-state index in [4.69, 9.17) is 35.4 Å². The van der Waals surface area contributed by atoms with E-state index < -0.39 is 31.3 Å². The van der Waals surface area contributed by atoms with E-state index in [2.05, 4.69) is 38.3 Å². The molecule has 0 amide bonds. The molecule has 4 atom stereocenters. The molecule has 32 heavy (non-hydrogen) atoms. The summed E-state index contributed by atoms with van der Waals surface area (Å²) in [4.78, 5) is 0. The Morgan fingerprint density at radius 2 is 0.969 bits per heavy atom. The Morgan fingerprint density at radius 1 is 0.750 bits per heavy atom. The maximum Gasteiger partial charge on any atom is 2.00 e. The van der Waals surface area contributed by atoms with Crippen LogP contribution in [-0.4, -0.2) is 74.7 Å². The van der Waals surface area contributed by atoms with Crippen LogP contribution in [0.2, 0.25) is 0 Å². The van der Waals surface area contributed by atoms with Gasteiger partial charge in [-0.25, -0.2) is 0 Å². The Hall–Kier alpha value is -0.241. The molecular formula is C13H22CuF6N2O8S2. The molecule has 1 unspecified atom stereocenters. The van der Waals surface area contributed by atoms with Crippen LogP contribution in [0.3, 0.4) is 0 Å². The summed E-state index contributed by atoms with van der Waals surface area (Å²) in [6, 6.07) is 0.598. The molecule has 0 spiro atoms. The van der Waals surface area contributed by atoms with Gasteiger partial charge in [0.2, 0.25) is 0 Å². The van der Waals surface area contributed by atoms with Gasteiger partial charge >= 0.3 is 48.3 Å². The van der Waals surface area contributed by atoms with Crippen molar-refractivity contribution in [3.05, 3.63) is 10.6 Å². The fourth-order valence-electron chi connectivity index (χ4n) is 2.03. The zero-order valence-electron chi connectivity index (χ0n) is 16.8. The monoisotopic (exact) mass is 575 g/mol. The van der Waals surface area contributed by atoms with Crippen molar-refractivity contribution in [2.24, 2.45) is 5.41 Å². The first kappa shape index (κ1) is 33.9. The molecule has 19 heteroatoms. The van der Waals surface area contributed by atoms with Gasteiger partial charge in [0.25, 0.3) is 0 Å². The number of ether oxygens (including phenoxy) is 2. The Morgan fingerprint density at radius 3 is 1.09 bits per heavy atom. The van der Waals surface area contributed by atoms with Gasteiger partial charge in [0.1, 0.15) is 0 Å². The summed E-state index contributed by atoms with van der Waals surface area (Å²) < 4.78 is 126. The zero-order valence-corrected chi connectivity index (χ0v) is 19.4. The maximum atomic E-state index is 10.7. The van der Waals surface area contributed by atoms with Gasteiger partial charge in [-0.05, 0) is 17.9 Å². The van der Waals surface area contributed by atoms with Crippen molar-refractivity contribution < 1.29 is 78.8 Å². The first-order valence-corrected chi connectivity index (χ1v) is 11.1. The molecule has 0 aromatic heterocycles. The molecule has 0 aromatic carbocycles. The number of alkyl halides is 6. The summed E-state index contributed by atoms with van der Waals surface area (Å²) in [5.74, 6) is 0. The van der Waals surface area contributed by atoms with Crippen LogP contribution in [-0.2, 0) is 46.8 Å². The minimum atomic E-state index is -5.84. The molecule has 2 N–H and O–H groups in total.